The van der Waals surface area contributed by atoms with E-state index in [2.05, 4.69) is 9.82 Å². The van der Waals surface area contributed by atoms with Crippen LogP contribution in [0, 0.1) is 0 Å². The van der Waals surface area contributed by atoms with Gasteiger partial charge in [-0.1, -0.05) is 0 Å². The normalized spacial score (nSPS) is 12.7. The van der Waals surface area contributed by atoms with Crippen LogP contribution in [-0.4, -0.2) is 29.8 Å². The predicted molar refractivity (Wildman–Crippen MR) is 105 cm³/mol. The lowest BCUT2D eigenvalue weighted by atomic mass is 10.1. The van der Waals surface area contributed by atoms with Gasteiger partial charge in [0.25, 0.3) is 5.56 Å². The molecule has 0 aliphatic rings. The number of pyridine rings is 1. The molecule has 2 aromatic carbocycles. The number of nitrogens with zero attached hydrogens (tertiary/aromatic N) is 3. The average molecular weight is 436 g/mol. The van der Waals surface area contributed by atoms with E-state index in [1.807, 2.05) is 0 Å². The first-order chi connectivity index (χ1) is 14.0. The second-order valence-corrected chi connectivity index (χ2v) is 8.49. The fourth-order valence-electron chi connectivity index (χ4n) is 3.38. The number of nitrogens with one attached hydrogen (secondary N) is 1. The molecule has 0 bridgehead atoms. The molecule has 2 aromatic heterocycles. The van der Waals surface area contributed by atoms with E-state index >= 15 is 0 Å². The van der Waals surface area contributed by atoms with Gasteiger partial charge in [-0.05, 0) is 49.5 Å². The third-order valence-corrected chi connectivity index (χ3v) is 6.28. The van der Waals surface area contributed by atoms with Crippen molar-refractivity contribution in [3.8, 4) is 5.69 Å². The van der Waals surface area contributed by atoms with Crippen LogP contribution in [0.15, 0.2) is 58.4 Å². The zero-order chi connectivity index (χ0) is 21.8. The van der Waals surface area contributed by atoms with E-state index in [1.165, 1.54) is 52.8 Å². The Kier molecular flexibility index (Phi) is 4.47. The molecule has 0 atom stereocenters. The van der Waals surface area contributed by atoms with Crippen molar-refractivity contribution in [2.24, 2.45) is 7.05 Å². The average Bonchev–Trinajstić information content (AvgIpc) is 3.10. The highest BCUT2D eigenvalue weighted by Crippen LogP contribution is 2.31. The van der Waals surface area contributed by atoms with Gasteiger partial charge in [-0.25, -0.2) is 13.1 Å². The maximum atomic E-state index is 13.1. The molecule has 11 heteroatoms. The van der Waals surface area contributed by atoms with Crippen molar-refractivity contribution < 1.29 is 21.6 Å². The molecular formula is C19H15F3N4O3S. The van der Waals surface area contributed by atoms with Crippen LogP contribution in [0.1, 0.15) is 5.56 Å². The molecule has 0 spiro atoms. The lowest BCUT2D eigenvalue weighted by Crippen LogP contribution is -2.21. The number of rotatable bonds is 3. The van der Waals surface area contributed by atoms with E-state index in [0.29, 0.717) is 16.4 Å². The fourth-order valence-corrected chi connectivity index (χ4v) is 4.14. The highest BCUT2D eigenvalue weighted by atomic mass is 32.2. The van der Waals surface area contributed by atoms with Crippen LogP contribution in [0.25, 0.3) is 27.5 Å². The number of aromatic nitrogens is 3. The highest BCUT2D eigenvalue weighted by Gasteiger charge is 2.30. The smallest absolute Gasteiger partial charge is 0.276 e. The Hall–Kier alpha value is -3.18. The van der Waals surface area contributed by atoms with Gasteiger partial charge in [0.15, 0.2) is 0 Å². The number of alkyl halides is 3. The van der Waals surface area contributed by atoms with E-state index in [1.54, 1.807) is 7.05 Å². The van der Waals surface area contributed by atoms with Crippen molar-refractivity contribution >= 4 is 31.8 Å². The summed E-state index contributed by atoms with van der Waals surface area (Å²) < 4.78 is 68.2. The van der Waals surface area contributed by atoms with Gasteiger partial charge in [0, 0.05) is 18.1 Å². The Morgan fingerprint density at radius 2 is 1.70 bits per heavy atom. The van der Waals surface area contributed by atoms with Gasteiger partial charge in [0.2, 0.25) is 10.0 Å². The quantitative estimate of drug-likeness (QED) is 0.535. The summed E-state index contributed by atoms with van der Waals surface area (Å²) in [5.41, 5.74) is -0.340. The topological polar surface area (TPSA) is 86.0 Å². The number of hydrogen-bond acceptors (Lipinski definition) is 4. The first kappa shape index (κ1) is 20.1. The van der Waals surface area contributed by atoms with Crippen LogP contribution in [0.3, 0.4) is 0 Å². The Balaban J connectivity index is 2.09. The van der Waals surface area contributed by atoms with Crippen molar-refractivity contribution in [2.75, 3.05) is 7.05 Å². The second kappa shape index (κ2) is 6.67. The SMILES string of the molecule is CNS(=O)(=O)c1ccc2c(c1)c1c(cnn1C)c(=O)n2-c1ccc(C(F)(F)F)cc1. The van der Waals surface area contributed by atoms with Crippen molar-refractivity contribution in [1.29, 1.82) is 0 Å². The van der Waals surface area contributed by atoms with Crippen molar-refractivity contribution in [2.45, 2.75) is 11.1 Å². The molecule has 30 heavy (non-hydrogen) atoms. The summed E-state index contributed by atoms with van der Waals surface area (Å²) in [6.07, 6.45) is -3.16. The van der Waals surface area contributed by atoms with E-state index in [4.69, 9.17) is 0 Å². The van der Waals surface area contributed by atoms with Gasteiger partial charge in [0.1, 0.15) is 0 Å². The Bertz CT molecular complexity index is 1450. The molecule has 0 saturated heterocycles. The maximum absolute atomic E-state index is 13.1. The Morgan fingerprint density at radius 3 is 2.30 bits per heavy atom. The molecule has 1 N–H and O–H groups in total. The molecule has 0 aliphatic carbocycles. The molecule has 0 amide bonds. The monoisotopic (exact) mass is 436 g/mol. The van der Waals surface area contributed by atoms with E-state index in [9.17, 15) is 26.4 Å². The molecule has 0 saturated carbocycles. The third-order valence-electron chi connectivity index (χ3n) is 4.87. The van der Waals surface area contributed by atoms with Crippen LogP contribution < -0.4 is 10.3 Å². The van der Waals surface area contributed by atoms with E-state index in [0.717, 1.165) is 12.1 Å². The standard InChI is InChI=1S/C19H15F3N4O3S/c1-23-30(28,29)13-7-8-16-14(9-13)17-15(10-24-25(17)2)18(27)26(16)12-5-3-11(4-6-12)19(20,21)22/h3-10,23H,1-2H3. The number of benzene rings is 2. The molecule has 4 aromatic rings. The van der Waals surface area contributed by atoms with Crippen LogP contribution >= 0.6 is 0 Å². The molecule has 156 valence electrons. The summed E-state index contributed by atoms with van der Waals surface area (Å²) in [5.74, 6) is 0. The molecule has 0 unspecified atom stereocenters. The van der Waals surface area contributed by atoms with Crippen LogP contribution in [-0.2, 0) is 23.2 Å². The van der Waals surface area contributed by atoms with Crippen molar-refractivity contribution in [1.82, 2.24) is 19.1 Å². The zero-order valence-corrected chi connectivity index (χ0v) is 16.5. The van der Waals surface area contributed by atoms with Gasteiger partial charge in [0.05, 0.1) is 33.1 Å². The number of halogens is 3. The number of sulfonamides is 1. The Labute approximate surface area is 168 Å². The molecule has 7 nitrogen and oxygen atoms in total. The molecule has 4 rings (SSSR count). The van der Waals surface area contributed by atoms with Gasteiger partial charge in [-0.15, -0.1) is 0 Å². The summed E-state index contributed by atoms with van der Waals surface area (Å²) in [6.45, 7) is 0. The predicted octanol–water partition coefficient (Wildman–Crippen LogP) is 2.80. The minimum Gasteiger partial charge on any atom is -0.276 e. The lowest BCUT2D eigenvalue weighted by molar-refractivity contribution is -0.137. The lowest BCUT2D eigenvalue weighted by Gasteiger charge is -2.14. The molecular weight excluding hydrogens is 421 g/mol. The summed E-state index contributed by atoms with van der Waals surface area (Å²) >= 11 is 0. The number of aryl methyl sites for hydroxylation is 1. The molecule has 0 aliphatic heterocycles. The second-order valence-electron chi connectivity index (χ2n) is 6.60. The van der Waals surface area contributed by atoms with E-state index in [-0.39, 0.29) is 16.0 Å². The maximum Gasteiger partial charge on any atom is 0.416 e. The van der Waals surface area contributed by atoms with Gasteiger partial charge < -0.3 is 0 Å². The van der Waals surface area contributed by atoms with Crippen LogP contribution in [0.5, 0.6) is 0 Å². The number of hydrogen-bond donors (Lipinski definition) is 1. The molecule has 0 fully saturated rings. The summed E-state index contributed by atoms with van der Waals surface area (Å²) in [7, 11) is -0.862. The highest BCUT2D eigenvalue weighted by molar-refractivity contribution is 7.89. The molecule has 2 heterocycles. The minimum atomic E-state index is -4.50. The van der Waals surface area contributed by atoms with Crippen LogP contribution in [0.4, 0.5) is 13.2 Å². The van der Waals surface area contributed by atoms with Gasteiger partial charge in [-0.3, -0.25) is 14.0 Å². The summed E-state index contributed by atoms with van der Waals surface area (Å²) in [6, 6.07) is 8.36. The van der Waals surface area contributed by atoms with E-state index < -0.39 is 27.3 Å². The van der Waals surface area contributed by atoms with Gasteiger partial charge >= 0.3 is 6.18 Å². The Morgan fingerprint density at radius 1 is 1.03 bits per heavy atom. The van der Waals surface area contributed by atoms with Crippen molar-refractivity contribution in [3.05, 3.63) is 64.6 Å². The summed E-state index contributed by atoms with van der Waals surface area (Å²) in [5, 5.41) is 4.72. The minimum absolute atomic E-state index is 0.0161. The first-order valence-electron chi connectivity index (χ1n) is 8.66. The third kappa shape index (κ3) is 3.06. The zero-order valence-electron chi connectivity index (χ0n) is 15.7. The van der Waals surface area contributed by atoms with Crippen molar-refractivity contribution in [3.63, 3.8) is 0 Å². The first-order valence-corrected chi connectivity index (χ1v) is 10.1. The largest absolute Gasteiger partial charge is 0.416 e. The number of fused-ring (bicyclic) bond motifs is 3. The van der Waals surface area contributed by atoms with Gasteiger partial charge in [-0.2, -0.15) is 18.3 Å². The fraction of sp³-hybridized carbons (Fsp3) is 0.158. The molecule has 0 radical (unpaired) electrons. The van der Waals surface area contributed by atoms with Crippen LogP contribution in [0.2, 0.25) is 0 Å². The summed E-state index contributed by atoms with van der Waals surface area (Å²) in [4.78, 5) is 13.1.